The number of rotatable bonds is 5. The SMILES string of the molecule is COc1ccccc1/C=C/C(=O)Nc1cccc(C(=O)N2CCCCCC2)c1. The minimum Gasteiger partial charge on any atom is -0.496 e. The zero-order valence-corrected chi connectivity index (χ0v) is 16.2. The van der Waals surface area contributed by atoms with Crippen LogP contribution in [0, 0.1) is 0 Å². The Balaban J connectivity index is 1.66. The van der Waals surface area contributed by atoms with Gasteiger partial charge in [-0.3, -0.25) is 9.59 Å². The molecule has 0 saturated carbocycles. The summed E-state index contributed by atoms with van der Waals surface area (Å²) in [5.41, 5.74) is 2.04. The van der Waals surface area contributed by atoms with Crippen LogP contribution >= 0.6 is 0 Å². The Morgan fingerprint density at radius 3 is 2.50 bits per heavy atom. The van der Waals surface area contributed by atoms with E-state index < -0.39 is 0 Å². The van der Waals surface area contributed by atoms with Crippen molar-refractivity contribution < 1.29 is 14.3 Å². The number of carbonyl (C=O) groups excluding carboxylic acids is 2. The van der Waals surface area contributed by atoms with Crippen LogP contribution in [0.3, 0.4) is 0 Å². The lowest BCUT2D eigenvalue weighted by atomic mass is 10.1. The molecule has 0 aromatic heterocycles. The van der Waals surface area contributed by atoms with Gasteiger partial charge in [0.1, 0.15) is 5.75 Å². The van der Waals surface area contributed by atoms with Crippen LogP contribution in [0.25, 0.3) is 6.08 Å². The molecule has 0 atom stereocenters. The molecule has 2 aromatic rings. The van der Waals surface area contributed by atoms with Crippen molar-refractivity contribution in [2.75, 3.05) is 25.5 Å². The summed E-state index contributed by atoms with van der Waals surface area (Å²) >= 11 is 0. The number of hydrogen-bond acceptors (Lipinski definition) is 3. The van der Waals surface area contributed by atoms with Gasteiger partial charge in [0.2, 0.25) is 5.91 Å². The topological polar surface area (TPSA) is 58.6 Å². The predicted molar refractivity (Wildman–Crippen MR) is 111 cm³/mol. The fraction of sp³-hybridized carbons (Fsp3) is 0.304. The Bertz CT molecular complexity index is 852. The fourth-order valence-electron chi connectivity index (χ4n) is 3.34. The summed E-state index contributed by atoms with van der Waals surface area (Å²) in [6.07, 6.45) is 7.63. The summed E-state index contributed by atoms with van der Waals surface area (Å²) in [7, 11) is 1.60. The molecule has 5 heteroatoms. The number of amides is 2. The third-order valence-corrected chi connectivity index (χ3v) is 4.82. The Kier molecular flexibility index (Phi) is 6.84. The zero-order chi connectivity index (χ0) is 19.8. The van der Waals surface area contributed by atoms with Crippen molar-refractivity contribution in [3.05, 3.63) is 65.7 Å². The van der Waals surface area contributed by atoms with E-state index in [2.05, 4.69) is 5.32 Å². The Labute approximate surface area is 166 Å². The van der Waals surface area contributed by atoms with Gasteiger partial charge in [0.05, 0.1) is 7.11 Å². The smallest absolute Gasteiger partial charge is 0.253 e. The quantitative estimate of drug-likeness (QED) is 0.787. The molecule has 1 aliphatic heterocycles. The van der Waals surface area contributed by atoms with Gasteiger partial charge in [0.25, 0.3) is 5.91 Å². The second-order valence-corrected chi connectivity index (χ2v) is 6.85. The molecule has 1 N–H and O–H groups in total. The normalized spacial score (nSPS) is 14.5. The molecular formula is C23H26N2O3. The zero-order valence-electron chi connectivity index (χ0n) is 16.2. The van der Waals surface area contributed by atoms with Crippen molar-refractivity contribution in [1.82, 2.24) is 4.90 Å². The van der Waals surface area contributed by atoms with Gasteiger partial charge >= 0.3 is 0 Å². The number of ether oxygens (including phenoxy) is 1. The van der Waals surface area contributed by atoms with Gasteiger partial charge in [-0.25, -0.2) is 0 Å². The fourth-order valence-corrected chi connectivity index (χ4v) is 3.34. The van der Waals surface area contributed by atoms with Crippen molar-refractivity contribution in [2.24, 2.45) is 0 Å². The van der Waals surface area contributed by atoms with E-state index in [9.17, 15) is 9.59 Å². The highest BCUT2D eigenvalue weighted by molar-refractivity contribution is 6.03. The van der Waals surface area contributed by atoms with Crippen LogP contribution in [-0.4, -0.2) is 36.9 Å². The third-order valence-electron chi connectivity index (χ3n) is 4.82. The van der Waals surface area contributed by atoms with Crippen LogP contribution in [0.2, 0.25) is 0 Å². The van der Waals surface area contributed by atoms with Crippen LogP contribution in [0.5, 0.6) is 5.75 Å². The van der Waals surface area contributed by atoms with Crippen molar-refractivity contribution in [3.8, 4) is 5.75 Å². The molecule has 146 valence electrons. The van der Waals surface area contributed by atoms with E-state index in [1.807, 2.05) is 29.2 Å². The number of likely N-dealkylation sites (tertiary alicyclic amines) is 1. The minimum absolute atomic E-state index is 0.0302. The molecule has 2 amide bonds. The first-order valence-electron chi connectivity index (χ1n) is 9.69. The molecule has 0 spiro atoms. The van der Waals surface area contributed by atoms with E-state index in [4.69, 9.17) is 4.74 Å². The number of methoxy groups -OCH3 is 1. The molecule has 1 saturated heterocycles. The minimum atomic E-state index is -0.259. The molecule has 28 heavy (non-hydrogen) atoms. The van der Waals surface area contributed by atoms with E-state index >= 15 is 0 Å². The summed E-state index contributed by atoms with van der Waals surface area (Å²) in [6.45, 7) is 1.61. The van der Waals surface area contributed by atoms with Crippen molar-refractivity contribution in [1.29, 1.82) is 0 Å². The lowest BCUT2D eigenvalue weighted by Crippen LogP contribution is -2.31. The van der Waals surface area contributed by atoms with E-state index in [0.717, 1.165) is 31.5 Å². The maximum absolute atomic E-state index is 12.8. The summed E-state index contributed by atoms with van der Waals surface area (Å²) < 4.78 is 5.28. The van der Waals surface area contributed by atoms with Gasteiger partial charge in [-0.05, 0) is 43.2 Å². The lowest BCUT2D eigenvalue weighted by molar-refractivity contribution is -0.111. The first kappa shape index (κ1) is 19.7. The van der Waals surface area contributed by atoms with Gasteiger partial charge in [-0.1, -0.05) is 37.1 Å². The lowest BCUT2D eigenvalue weighted by Gasteiger charge is -2.20. The van der Waals surface area contributed by atoms with Gasteiger partial charge in [0, 0.05) is 36.0 Å². The number of nitrogens with one attached hydrogen (secondary N) is 1. The molecule has 5 nitrogen and oxygen atoms in total. The largest absolute Gasteiger partial charge is 0.496 e. The van der Waals surface area contributed by atoms with Gasteiger partial charge in [-0.2, -0.15) is 0 Å². The maximum atomic E-state index is 12.8. The summed E-state index contributed by atoms with van der Waals surface area (Å²) in [5.74, 6) is 0.476. The Morgan fingerprint density at radius 1 is 1.00 bits per heavy atom. The van der Waals surface area contributed by atoms with Crippen LogP contribution in [-0.2, 0) is 4.79 Å². The molecule has 1 heterocycles. The van der Waals surface area contributed by atoms with Crippen molar-refractivity contribution in [2.45, 2.75) is 25.7 Å². The number of para-hydroxylation sites is 1. The molecule has 2 aromatic carbocycles. The second-order valence-electron chi connectivity index (χ2n) is 6.85. The molecule has 3 rings (SSSR count). The highest BCUT2D eigenvalue weighted by atomic mass is 16.5. The van der Waals surface area contributed by atoms with E-state index in [0.29, 0.717) is 17.0 Å². The van der Waals surface area contributed by atoms with Gasteiger partial charge < -0.3 is 15.0 Å². The average molecular weight is 378 g/mol. The number of hydrogen-bond donors (Lipinski definition) is 1. The summed E-state index contributed by atoms with van der Waals surface area (Å²) in [6, 6.07) is 14.6. The highest BCUT2D eigenvalue weighted by Gasteiger charge is 2.17. The van der Waals surface area contributed by atoms with Crippen molar-refractivity contribution >= 4 is 23.6 Å². The van der Waals surface area contributed by atoms with E-state index in [-0.39, 0.29) is 11.8 Å². The predicted octanol–water partition coefficient (Wildman–Crippen LogP) is 4.36. The second kappa shape index (κ2) is 9.74. The first-order valence-corrected chi connectivity index (χ1v) is 9.69. The van der Waals surface area contributed by atoms with Gasteiger partial charge in [-0.15, -0.1) is 0 Å². The molecule has 0 unspecified atom stereocenters. The summed E-state index contributed by atoms with van der Waals surface area (Å²) in [5, 5.41) is 2.82. The van der Waals surface area contributed by atoms with E-state index in [1.54, 1.807) is 37.5 Å². The van der Waals surface area contributed by atoms with Crippen LogP contribution in [0.1, 0.15) is 41.6 Å². The Hall–Kier alpha value is -3.08. The average Bonchev–Trinajstić information content (AvgIpc) is 3.01. The van der Waals surface area contributed by atoms with Crippen molar-refractivity contribution in [3.63, 3.8) is 0 Å². The standard InChI is InChI=1S/C23H26N2O3/c1-28-21-12-5-4-9-18(21)13-14-22(26)24-20-11-8-10-19(17-20)23(27)25-15-6-2-3-7-16-25/h4-5,8-14,17H,2-3,6-7,15-16H2,1H3,(H,24,26)/b14-13+. The maximum Gasteiger partial charge on any atom is 0.253 e. The van der Waals surface area contributed by atoms with Crippen LogP contribution < -0.4 is 10.1 Å². The molecular weight excluding hydrogens is 352 g/mol. The molecule has 1 fully saturated rings. The molecule has 0 aliphatic carbocycles. The molecule has 0 bridgehead atoms. The number of benzene rings is 2. The molecule has 1 aliphatic rings. The third kappa shape index (κ3) is 5.22. The number of nitrogens with zero attached hydrogens (tertiary/aromatic N) is 1. The number of anilines is 1. The highest BCUT2D eigenvalue weighted by Crippen LogP contribution is 2.19. The Morgan fingerprint density at radius 2 is 1.75 bits per heavy atom. The first-order chi connectivity index (χ1) is 13.7. The van der Waals surface area contributed by atoms with E-state index in [1.165, 1.54) is 18.9 Å². The van der Waals surface area contributed by atoms with Crippen LogP contribution in [0.4, 0.5) is 5.69 Å². The summed E-state index contributed by atoms with van der Waals surface area (Å²) in [4.78, 5) is 26.9. The molecule has 0 radical (unpaired) electrons. The monoisotopic (exact) mass is 378 g/mol. The van der Waals surface area contributed by atoms with Crippen LogP contribution in [0.15, 0.2) is 54.6 Å². The van der Waals surface area contributed by atoms with Gasteiger partial charge in [0.15, 0.2) is 0 Å². The number of carbonyl (C=O) groups is 2.